The van der Waals surface area contributed by atoms with Crippen LogP contribution in [0.1, 0.15) is 43.2 Å². The van der Waals surface area contributed by atoms with Crippen LogP contribution in [0, 0.1) is 17.2 Å². The zero-order valence-electron chi connectivity index (χ0n) is 20.7. The highest BCUT2D eigenvalue weighted by Crippen LogP contribution is 2.41. The monoisotopic (exact) mass is 509 g/mol. The Labute approximate surface area is 217 Å². The van der Waals surface area contributed by atoms with Crippen LogP contribution in [0.15, 0.2) is 42.6 Å². The molecule has 0 unspecified atom stereocenters. The van der Waals surface area contributed by atoms with Gasteiger partial charge < -0.3 is 15.0 Å². The van der Waals surface area contributed by atoms with Crippen molar-refractivity contribution in [1.82, 2.24) is 15.2 Å². The molecule has 2 aromatic rings. The van der Waals surface area contributed by atoms with E-state index in [0.717, 1.165) is 11.4 Å². The highest BCUT2D eigenvalue weighted by atomic mass is 35.5. The molecule has 2 saturated heterocycles. The molecule has 4 rings (SSSR count). The number of anilines is 1. The van der Waals surface area contributed by atoms with Crippen molar-refractivity contribution in [3.8, 4) is 6.07 Å². The number of hydrogen-bond donors (Lipinski definition) is 1. The van der Waals surface area contributed by atoms with Gasteiger partial charge in [-0.05, 0) is 49.1 Å². The SMILES string of the molecule is CCCOC(=O)N(C)[C@]1(C(=O)C2CCN(c3ccc(C#N)cn3)CC2)CNC[C@H]1c1ccc(Cl)cc1. The lowest BCUT2D eigenvalue weighted by atomic mass is 9.72. The van der Waals surface area contributed by atoms with Crippen LogP contribution in [0.4, 0.5) is 10.6 Å². The molecule has 2 aliphatic rings. The van der Waals surface area contributed by atoms with Crippen LogP contribution in [0.3, 0.4) is 0 Å². The number of nitrogens with one attached hydrogen (secondary N) is 1. The summed E-state index contributed by atoms with van der Waals surface area (Å²) >= 11 is 6.13. The maximum atomic E-state index is 14.3. The van der Waals surface area contributed by atoms with Gasteiger partial charge in [0.15, 0.2) is 5.78 Å². The number of carbonyl (C=O) groups excluding carboxylic acids is 2. The summed E-state index contributed by atoms with van der Waals surface area (Å²) in [6.07, 6.45) is 3.12. The Morgan fingerprint density at radius 2 is 1.97 bits per heavy atom. The van der Waals surface area contributed by atoms with Gasteiger partial charge in [0.1, 0.15) is 17.4 Å². The summed E-state index contributed by atoms with van der Waals surface area (Å²) in [5, 5.41) is 13.0. The lowest BCUT2D eigenvalue weighted by molar-refractivity contribution is -0.134. The molecular formula is C27H32ClN5O3. The molecule has 36 heavy (non-hydrogen) atoms. The first kappa shape index (κ1) is 25.9. The number of likely N-dealkylation sites (N-methyl/N-ethyl adjacent to an activating group) is 1. The fourth-order valence-electron chi connectivity index (χ4n) is 5.38. The molecule has 0 spiro atoms. The van der Waals surface area contributed by atoms with Gasteiger partial charge in [0.25, 0.3) is 0 Å². The lowest BCUT2D eigenvalue weighted by Gasteiger charge is -2.44. The van der Waals surface area contributed by atoms with E-state index < -0.39 is 11.6 Å². The predicted molar refractivity (Wildman–Crippen MR) is 138 cm³/mol. The number of ether oxygens (including phenoxy) is 1. The van der Waals surface area contributed by atoms with Crippen molar-refractivity contribution in [1.29, 1.82) is 5.26 Å². The van der Waals surface area contributed by atoms with Crippen molar-refractivity contribution in [2.75, 3.05) is 44.7 Å². The maximum Gasteiger partial charge on any atom is 0.410 e. The molecule has 8 nitrogen and oxygen atoms in total. The number of piperidine rings is 1. The van der Waals surface area contributed by atoms with Crippen LogP contribution >= 0.6 is 11.6 Å². The zero-order chi connectivity index (χ0) is 25.7. The molecule has 0 bridgehead atoms. The molecule has 3 heterocycles. The summed E-state index contributed by atoms with van der Waals surface area (Å²) in [7, 11) is 1.68. The summed E-state index contributed by atoms with van der Waals surface area (Å²) < 4.78 is 5.47. The second-order valence-corrected chi connectivity index (χ2v) is 9.91. The first-order valence-corrected chi connectivity index (χ1v) is 12.8. The molecule has 2 aliphatic heterocycles. The molecule has 0 aliphatic carbocycles. The number of ketones is 1. The molecular weight excluding hydrogens is 478 g/mol. The van der Waals surface area contributed by atoms with E-state index in [4.69, 9.17) is 21.6 Å². The van der Waals surface area contributed by atoms with Crippen molar-refractivity contribution in [2.24, 2.45) is 5.92 Å². The molecule has 2 fully saturated rings. The van der Waals surface area contributed by atoms with Crippen LogP contribution < -0.4 is 10.2 Å². The van der Waals surface area contributed by atoms with Crippen LogP contribution in [0.5, 0.6) is 0 Å². The summed E-state index contributed by atoms with van der Waals surface area (Å²) in [5.41, 5.74) is 0.427. The largest absolute Gasteiger partial charge is 0.449 e. The van der Waals surface area contributed by atoms with Crippen molar-refractivity contribution in [3.05, 3.63) is 58.7 Å². The normalized spacial score (nSPS) is 22.2. The molecule has 1 aromatic heterocycles. The molecule has 2 atom stereocenters. The number of nitriles is 1. The molecule has 1 amide bonds. The number of nitrogens with zero attached hydrogens (tertiary/aromatic N) is 4. The van der Waals surface area contributed by atoms with Gasteiger partial charge in [-0.3, -0.25) is 9.69 Å². The third-order valence-corrected chi connectivity index (χ3v) is 7.64. The number of Topliss-reactive ketones (excluding diaryl/α,β-unsaturated/α-hetero) is 1. The summed E-state index contributed by atoms with van der Waals surface area (Å²) in [6, 6.07) is 13.2. The van der Waals surface area contributed by atoms with Crippen LogP contribution in [-0.4, -0.2) is 67.1 Å². The average Bonchev–Trinajstić information content (AvgIpc) is 3.37. The first-order chi connectivity index (χ1) is 17.4. The van der Waals surface area contributed by atoms with Crippen molar-refractivity contribution in [3.63, 3.8) is 0 Å². The number of aromatic nitrogens is 1. The van der Waals surface area contributed by atoms with Crippen LogP contribution in [-0.2, 0) is 9.53 Å². The highest BCUT2D eigenvalue weighted by molar-refractivity contribution is 6.30. The van der Waals surface area contributed by atoms with E-state index in [9.17, 15) is 9.59 Å². The van der Waals surface area contributed by atoms with Crippen molar-refractivity contribution in [2.45, 2.75) is 37.6 Å². The Hall–Kier alpha value is -3.15. The fourth-order valence-corrected chi connectivity index (χ4v) is 5.50. The number of hydrogen-bond acceptors (Lipinski definition) is 7. The topological polar surface area (TPSA) is 98.6 Å². The van der Waals surface area contributed by atoms with E-state index in [0.29, 0.717) is 62.6 Å². The third-order valence-electron chi connectivity index (χ3n) is 7.39. The lowest BCUT2D eigenvalue weighted by Crippen LogP contribution is -2.62. The standard InChI is InChI=1S/C27H32ClN5O3/c1-3-14-36-26(35)32(2)27(18-30-17-23(27)20-5-7-22(28)8-6-20)25(34)21-10-12-33(13-11-21)24-9-4-19(15-29)16-31-24/h4-9,16,21,23,30H,3,10-14,17-18H2,1-2H3/t23-,27+/m0/s1. The van der Waals surface area contributed by atoms with Gasteiger partial charge in [0.05, 0.1) is 12.2 Å². The zero-order valence-corrected chi connectivity index (χ0v) is 21.5. The Morgan fingerprint density at radius 1 is 1.25 bits per heavy atom. The Balaban J connectivity index is 1.58. The third kappa shape index (κ3) is 5.04. The van der Waals surface area contributed by atoms with Gasteiger partial charge >= 0.3 is 6.09 Å². The number of pyridine rings is 1. The van der Waals surface area contributed by atoms with Crippen LogP contribution in [0.25, 0.3) is 0 Å². The second-order valence-electron chi connectivity index (χ2n) is 9.48. The van der Waals surface area contributed by atoms with Crippen molar-refractivity contribution >= 4 is 29.3 Å². The molecule has 1 aromatic carbocycles. The van der Waals surface area contributed by atoms with Gasteiger partial charge in [-0.1, -0.05) is 30.7 Å². The highest BCUT2D eigenvalue weighted by Gasteiger charge is 2.56. The van der Waals surface area contributed by atoms with Gasteiger partial charge in [0, 0.05) is 56.3 Å². The van der Waals surface area contributed by atoms with E-state index in [-0.39, 0.29) is 17.6 Å². The van der Waals surface area contributed by atoms with Gasteiger partial charge in [-0.2, -0.15) is 5.26 Å². The minimum Gasteiger partial charge on any atom is -0.449 e. The van der Waals surface area contributed by atoms with Gasteiger partial charge in [-0.25, -0.2) is 9.78 Å². The Bertz CT molecular complexity index is 1110. The van der Waals surface area contributed by atoms with E-state index >= 15 is 0 Å². The van der Waals surface area contributed by atoms with Gasteiger partial charge in [-0.15, -0.1) is 0 Å². The quantitative estimate of drug-likeness (QED) is 0.602. The van der Waals surface area contributed by atoms with E-state index in [1.54, 1.807) is 19.3 Å². The fraction of sp³-hybridized carbons (Fsp3) is 0.481. The molecule has 190 valence electrons. The van der Waals surface area contributed by atoms with E-state index in [1.807, 2.05) is 37.3 Å². The smallest absolute Gasteiger partial charge is 0.410 e. The minimum absolute atomic E-state index is 0.0656. The number of carbonyl (C=O) groups is 2. The number of rotatable bonds is 7. The number of amides is 1. The average molecular weight is 510 g/mol. The second kappa shape index (κ2) is 11.3. The van der Waals surface area contributed by atoms with E-state index in [2.05, 4.69) is 21.3 Å². The number of halogens is 1. The minimum atomic E-state index is -1.06. The molecule has 9 heteroatoms. The van der Waals surface area contributed by atoms with E-state index in [1.165, 1.54) is 4.90 Å². The molecule has 0 radical (unpaired) electrons. The number of benzene rings is 1. The Morgan fingerprint density at radius 3 is 2.58 bits per heavy atom. The van der Waals surface area contributed by atoms with Crippen molar-refractivity contribution < 1.29 is 14.3 Å². The summed E-state index contributed by atoms with van der Waals surface area (Å²) in [5.74, 6) is 0.447. The molecule has 0 saturated carbocycles. The summed E-state index contributed by atoms with van der Waals surface area (Å²) in [6.45, 7) is 4.55. The predicted octanol–water partition coefficient (Wildman–Crippen LogP) is 4.00. The van der Waals surface area contributed by atoms with Crippen LogP contribution in [0.2, 0.25) is 5.02 Å². The Kier molecular flexibility index (Phi) is 8.12. The first-order valence-electron chi connectivity index (χ1n) is 12.4. The van der Waals surface area contributed by atoms with Gasteiger partial charge in [0.2, 0.25) is 0 Å². The maximum absolute atomic E-state index is 14.3. The molecule has 1 N–H and O–H groups in total. The summed E-state index contributed by atoms with van der Waals surface area (Å²) in [4.78, 5) is 35.5.